The van der Waals surface area contributed by atoms with Gasteiger partial charge in [-0.05, 0) is 30.3 Å². The molecule has 0 spiro atoms. The normalized spacial score (nSPS) is 11.8. The summed E-state index contributed by atoms with van der Waals surface area (Å²) < 4.78 is 29.4. The van der Waals surface area contributed by atoms with Gasteiger partial charge in [-0.15, -0.1) is 0 Å². The van der Waals surface area contributed by atoms with Crippen molar-refractivity contribution in [2.45, 2.75) is 11.8 Å². The van der Waals surface area contributed by atoms with Crippen molar-refractivity contribution < 1.29 is 12.8 Å². The summed E-state index contributed by atoms with van der Waals surface area (Å²) in [7, 11) is -3.23. The molecule has 0 aliphatic heterocycles. The van der Waals surface area contributed by atoms with Crippen molar-refractivity contribution in [2.75, 3.05) is 5.75 Å². The second-order valence-electron chi connectivity index (χ2n) is 4.42. The summed E-state index contributed by atoms with van der Waals surface area (Å²) >= 11 is 0. The highest BCUT2D eigenvalue weighted by molar-refractivity contribution is 7.91. The number of sulfone groups is 1. The maximum absolute atomic E-state index is 11.9. The van der Waals surface area contributed by atoms with Gasteiger partial charge >= 0.3 is 0 Å². The fourth-order valence-corrected chi connectivity index (χ4v) is 2.87. The van der Waals surface area contributed by atoms with Crippen LogP contribution in [0.3, 0.4) is 0 Å². The van der Waals surface area contributed by atoms with E-state index in [2.05, 4.69) is 4.98 Å². The van der Waals surface area contributed by atoms with E-state index in [1.807, 2.05) is 30.3 Å². The van der Waals surface area contributed by atoms with E-state index in [4.69, 9.17) is 4.42 Å². The summed E-state index contributed by atoms with van der Waals surface area (Å²) in [6.07, 6.45) is 0. The van der Waals surface area contributed by atoms with Gasteiger partial charge in [-0.25, -0.2) is 13.4 Å². The lowest BCUT2D eigenvalue weighted by molar-refractivity contribution is 0.597. The summed E-state index contributed by atoms with van der Waals surface area (Å²) in [5, 5.41) is 0. The quantitative estimate of drug-likeness (QED) is 0.741. The van der Waals surface area contributed by atoms with Crippen molar-refractivity contribution in [3.8, 4) is 11.5 Å². The maximum atomic E-state index is 11.9. The molecule has 0 saturated heterocycles. The molecular formula is C15H13NO3S. The van der Waals surface area contributed by atoms with E-state index in [-0.39, 0.29) is 10.6 Å². The van der Waals surface area contributed by atoms with Gasteiger partial charge in [-0.1, -0.05) is 25.1 Å². The molecule has 0 amide bonds. The van der Waals surface area contributed by atoms with Crippen molar-refractivity contribution in [1.82, 2.24) is 4.98 Å². The van der Waals surface area contributed by atoms with Crippen molar-refractivity contribution in [1.29, 1.82) is 0 Å². The maximum Gasteiger partial charge on any atom is 0.227 e. The van der Waals surface area contributed by atoms with Gasteiger partial charge in [-0.3, -0.25) is 0 Å². The van der Waals surface area contributed by atoms with E-state index >= 15 is 0 Å². The van der Waals surface area contributed by atoms with Crippen molar-refractivity contribution in [3.63, 3.8) is 0 Å². The molecule has 5 heteroatoms. The predicted molar refractivity (Wildman–Crippen MR) is 77.2 cm³/mol. The largest absolute Gasteiger partial charge is 0.436 e. The van der Waals surface area contributed by atoms with Crippen LogP contribution in [0.2, 0.25) is 0 Å². The Labute approximate surface area is 117 Å². The molecule has 0 N–H and O–H groups in total. The van der Waals surface area contributed by atoms with Crippen molar-refractivity contribution in [3.05, 3.63) is 48.5 Å². The number of benzene rings is 2. The van der Waals surface area contributed by atoms with Crippen LogP contribution in [-0.2, 0) is 9.84 Å². The Bertz CT molecular complexity index is 851. The molecule has 1 aromatic heterocycles. The molecule has 0 bridgehead atoms. The van der Waals surface area contributed by atoms with Gasteiger partial charge in [0.2, 0.25) is 5.89 Å². The van der Waals surface area contributed by atoms with Crippen LogP contribution < -0.4 is 0 Å². The Morgan fingerprint density at radius 2 is 1.85 bits per heavy atom. The number of oxazole rings is 1. The molecule has 0 saturated carbocycles. The van der Waals surface area contributed by atoms with Gasteiger partial charge in [0.1, 0.15) is 5.52 Å². The smallest absolute Gasteiger partial charge is 0.227 e. The summed E-state index contributed by atoms with van der Waals surface area (Å²) in [5.41, 5.74) is 2.00. The van der Waals surface area contributed by atoms with Gasteiger partial charge < -0.3 is 4.42 Å². The third-order valence-electron chi connectivity index (χ3n) is 3.12. The minimum atomic E-state index is -3.23. The van der Waals surface area contributed by atoms with Crippen LogP contribution >= 0.6 is 0 Å². The average molecular weight is 287 g/mol. The second kappa shape index (κ2) is 4.76. The lowest BCUT2D eigenvalue weighted by Crippen LogP contribution is -2.03. The van der Waals surface area contributed by atoms with E-state index in [1.165, 1.54) is 0 Å². The molecule has 0 atom stereocenters. The van der Waals surface area contributed by atoms with Crippen molar-refractivity contribution >= 4 is 20.9 Å². The minimum Gasteiger partial charge on any atom is -0.436 e. The Morgan fingerprint density at radius 3 is 2.55 bits per heavy atom. The standard InChI is InChI=1S/C15H13NO3S/c1-2-20(17,18)12-8-9-14-13(10-12)16-15(19-14)11-6-4-3-5-7-11/h3-10H,2H2,1H3. The molecule has 0 aliphatic rings. The van der Waals surface area contributed by atoms with Crippen LogP contribution in [0.15, 0.2) is 57.8 Å². The first-order chi connectivity index (χ1) is 9.60. The number of rotatable bonds is 3. The van der Waals surface area contributed by atoms with Gasteiger partial charge in [0, 0.05) is 5.56 Å². The molecule has 3 aromatic rings. The highest BCUT2D eigenvalue weighted by atomic mass is 32.2. The van der Waals surface area contributed by atoms with Crippen LogP contribution in [0.5, 0.6) is 0 Å². The fourth-order valence-electron chi connectivity index (χ4n) is 1.97. The summed E-state index contributed by atoms with van der Waals surface area (Å²) in [5.74, 6) is 0.564. The molecule has 3 rings (SSSR count). The lowest BCUT2D eigenvalue weighted by atomic mass is 10.2. The van der Waals surface area contributed by atoms with E-state index < -0.39 is 9.84 Å². The first kappa shape index (κ1) is 12.9. The fraction of sp³-hybridized carbons (Fsp3) is 0.133. The molecule has 0 unspecified atom stereocenters. The summed E-state index contributed by atoms with van der Waals surface area (Å²) in [4.78, 5) is 4.64. The zero-order valence-corrected chi connectivity index (χ0v) is 11.7. The van der Waals surface area contributed by atoms with E-state index in [0.29, 0.717) is 17.0 Å². The van der Waals surface area contributed by atoms with E-state index in [9.17, 15) is 8.42 Å². The molecule has 0 aliphatic carbocycles. The number of hydrogen-bond donors (Lipinski definition) is 0. The van der Waals surface area contributed by atoms with E-state index in [1.54, 1.807) is 25.1 Å². The molecule has 1 heterocycles. The predicted octanol–water partition coefficient (Wildman–Crippen LogP) is 3.29. The molecule has 0 fully saturated rings. The first-order valence-corrected chi connectivity index (χ1v) is 7.94. The second-order valence-corrected chi connectivity index (χ2v) is 6.70. The lowest BCUT2D eigenvalue weighted by Gasteiger charge is -1.99. The summed E-state index contributed by atoms with van der Waals surface area (Å²) in [6, 6.07) is 14.3. The minimum absolute atomic E-state index is 0.0713. The Hall–Kier alpha value is -2.14. The topological polar surface area (TPSA) is 60.2 Å². The van der Waals surface area contributed by atoms with Crippen molar-refractivity contribution in [2.24, 2.45) is 0 Å². The van der Waals surface area contributed by atoms with Gasteiger partial charge in [0.25, 0.3) is 0 Å². The highest BCUT2D eigenvalue weighted by Gasteiger charge is 2.14. The molecular weight excluding hydrogens is 274 g/mol. The van der Waals surface area contributed by atoms with Crippen LogP contribution in [0.25, 0.3) is 22.6 Å². The number of nitrogens with zero attached hydrogens (tertiary/aromatic N) is 1. The average Bonchev–Trinajstić information content (AvgIpc) is 2.91. The SMILES string of the molecule is CCS(=O)(=O)c1ccc2oc(-c3ccccc3)nc2c1. The highest BCUT2D eigenvalue weighted by Crippen LogP contribution is 2.26. The Kier molecular flexibility index (Phi) is 3.06. The van der Waals surface area contributed by atoms with Crippen LogP contribution in [0.4, 0.5) is 0 Å². The molecule has 20 heavy (non-hydrogen) atoms. The zero-order valence-electron chi connectivity index (χ0n) is 10.9. The molecule has 4 nitrogen and oxygen atoms in total. The molecule has 2 aromatic carbocycles. The third-order valence-corrected chi connectivity index (χ3v) is 4.85. The monoisotopic (exact) mass is 287 g/mol. The number of fused-ring (bicyclic) bond motifs is 1. The summed E-state index contributed by atoms with van der Waals surface area (Å²) in [6.45, 7) is 1.62. The number of hydrogen-bond acceptors (Lipinski definition) is 4. The number of aromatic nitrogens is 1. The van der Waals surface area contributed by atoms with Crippen LogP contribution in [0.1, 0.15) is 6.92 Å². The molecule has 102 valence electrons. The first-order valence-electron chi connectivity index (χ1n) is 6.29. The third kappa shape index (κ3) is 2.20. The van der Waals surface area contributed by atoms with Gasteiger partial charge in [-0.2, -0.15) is 0 Å². The van der Waals surface area contributed by atoms with Crippen LogP contribution in [-0.4, -0.2) is 19.2 Å². The molecule has 0 radical (unpaired) electrons. The van der Waals surface area contributed by atoms with Gasteiger partial charge in [0.05, 0.1) is 10.6 Å². The van der Waals surface area contributed by atoms with Crippen LogP contribution in [0, 0.1) is 0 Å². The van der Waals surface area contributed by atoms with E-state index in [0.717, 1.165) is 5.56 Å². The Balaban J connectivity index is 2.13. The Morgan fingerprint density at radius 1 is 1.10 bits per heavy atom. The zero-order chi connectivity index (χ0) is 14.2. The van der Waals surface area contributed by atoms with Gasteiger partial charge in [0.15, 0.2) is 15.4 Å².